The molecule has 0 aliphatic carbocycles. The highest BCUT2D eigenvalue weighted by atomic mass is 19.3. The normalized spacial score (nSPS) is 15.6. The Bertz CT molecular complexity index is 1390. The molecule has 1 amide bonds. The number of nitrogens with zero attached hydrogens (tertiary/aromatic N) is 4. The van der Waals surface area contributed by atoms with Crippen LogP contribution < -0.4 is 10.2 Å². The van der Waals surface area contributed by atoms with Crippen LogP contribution in [0.25, 0.3) is 16.6 Å². The number of fused-ring (bicyclic) bond motifs is 1. The molecule has 12 heteroatoms. The maximum atomic E-state index is 14.7. The molecular weight excluding hydrogens is 459 g/mol. The Hall–Kier alpha value is -3.96. The van der Waals surface area contributed by atoms with Crippen LogP contribution in [-0.4, -0.2) is 44.4 Å². The lowest BCUT2D eigenvalue weighted by Gasteiger charge is -2.32. The third-order valence-corrected chi connectivity index (χ3v) is 5.69. The monoisotopic (exact) mass is 476 g/mol. The van der Waals surface area contributed by atoms with E-state index in [9.17, 15) is 26.7 Å². The minimum Gasteiger partial charge on any atom is -0.359 e. The maximum Gasteiger partial charge on any atom is 0.275 e. The highest BCUT2D eigenvalue weighted by molar-refractivity contribution is 6.08. The molecule has 3 aromatic heterocycles. The molecule has 4 heterocycles. The zero-order valence-electron chi connectivity index (χ0n) is 17.5. The molecule has 0 unspecified atom stereocenters. The largest absolute Gasteiger partial charge is 0.359 e. The molecule has 34 heavy (non-hydrogen) atoms. The summed E-state index contributed by atoms with van der Waals surface area (Å²) in [5.41, 5.74) is 0.802. The number of hydrogen-bond acceptors (Lipinski definition) is 4. The first-order chi connectivity index (χ1) is 16.2. The van der Waals surface area contributed by atoms with Crippen LogP contribution in [0.4, 0.5) is 33.5 Å². The lowest BCUT2D eigenvalue weighted by atomic mass is 10.1. The molecule has 1 aliphatic heterocycles. The summed E-state index contributed by atoms with van der Waals surface area (Å²) in [6.45, 7) is -0.00786. The van der Waals surface area contributed by atoms with E-state index in [4.69, 9.17) is 0 Å². The molecule has 0 radical (unpaired) electrons. The van der Waals surface area contributed by atoms with E-state index in [-0.39, 0.29) is 54.2 Å². The van der Waals surface area contributed by atoms with Crippen molar-refractivity contribution in [2.75, 3.05) is 23.3 Å². The number of rotatable bonds is 4. The SMILES string of the molecule is O=C(Nc1c[nH]c2cc(F)c(F)cc12)c1cn(-c2cnc(N3CCC(F)(F)CC3)c(F)c2)cn1. The van der Waals surface area contributed by atoms with Crippen LogP contribution in [-0.2, 0) is 0 Å². The van der Waals surface area contributed by atoms with Crippen molar-refractivity contribution < 1.29 is 26.7 Å². The topological polar surface area (TPSA) is 78.8 Å². The number of piperidine rings is 1. The zero-order chi connectivity index (χ0) is 24.0. The number of H-pyrrole nitrogens is 1. The molecule has 0 atom stereocenters. The van der Waals surface area contributed by atoms with Crippen molar-refractivity contribution in [2.45, 2.75) is 18.8 Å². The predicted molar refractivity (Wildman–Crippen MR) is 114 cm³/mol. The Morgan fingerprint density at radius 2 is 1.76 bits per heavy atom. The van der Waals surface area contributed by atoms with E-state index < -0.39 is 29.3 Å². The fraction of sp³-hybridized carbons (Fsp3) is 0.227. The summed E-state index contributed by atoms with van der Waals surface area (Å²) in [7, 11) is 0. The van der Waals surface area contributed by atoms with Gasteiger partial charge in [-0.2, -0.15) is 0 Å². The average Bonchev–Trinajstić information content (AvgIpc) is 3.43. The van der Waals surface area contributed by atoms with Crippen molar-refractivity contribution in [3.05, 3.63) is 66.3 Å². The Morgan fingerprint density at radius 3 is 2.50 bits per heavy atom. The molecule has 1 fully saturated rings. The summed E-state index contributed by atoms with van der Waals surface area (Å²) in [6.07, 6.45) is 4.65. The second-order valence-corrected chi connectivity index (χ2v) is 7.98. The number of carbonyl (C=O) groups is 1. The van der Waals surface area contributed by atoms with Gasteiger partial charge >= 0.3 is 0 Å². The highest BCUT2D eigenvalue weighted by Crippen LogP contribution is 2.31. The van der Waals surface area contributed by atoms with Gasteiger partial charge in [-0.15, -0.1) is 0 Å². The number of anilines is 2. The fourth-order valence-corrected chi connectivity index (χ4v) is 3.83. The maximum absolute atomic E-state index is 14.7. The molecule has 5 rings (SSSR count). The number of carbonyl (C=O) groups excluding carboxylic acids is 1. The fourth-order valence-electron chi connectivity index (χ4n) is 3.83. The van der Waals surface area contributed by atoms with E-state index in [2.05, 4.69) is 20.3 Å². The highest BCUT2D eigenvalue weighted by Gasteiger charge is 2.35. The van der Waals surface area contributed by atoms with Crippen molar-refractivity contribution in [1.82, 2.24) is 19.5 Å². The lowest BCUT2D eigenvalue weighted by Crippen LogP contribution is -2.40. The van der Waals surface area contributed by atoms with E-state index in [0.29, 0.717) is 5.52 Å². The number of aromatic amines is 1. The standard InChI is InChI=1S/C22H17F5N6O/c23-14-6-13-17(7-15(14)24)28-9-18(13)31-21(34)19-10-33(11-30-19)12-5-16(25)20(29-8-12)32-3-1-22(26,27)2-4-32/h5-11,28H,1-4H2,(H,31,34). The first kappa shape index (κ1) is 21.9. The summed E-state index contributed by atoms with van der Waals surface area (Å²) in [5, 5.41) is 2.85. The number of imidazole rings is 1. The summed E-state index contributed by atoms with van der Waals surface area (Å²) >= 11 is 0. The Kier molecular flexibility index (Phi) is 5.22. The summed E-state index contributed by atoms with van der Waals surface area (Å²) < 4.78 is 69.7. The van der Waals surface area contributed by atoms with Gasteiger partial charge in [0.15, 0.2) is 23.3 Å². The zero-order valence-corrected chi connectivity index (χ0v) is 17.5. The molecule has 7 nitrogen and oxygen atoms in total. The minimum absolute atomic E-state index is 0.00393. The molecule has 176 valence electrons. The summed E-state index contributed by atoms with van der Waals surface area (Å²) in [6, 6.07) is 3.12. The smallest absolute Gasteiger partial charge is 0.275 e. The third kappa shape index (κ3) is 4.06. The number of benzene rings is 1. The number of alkyl halides is 2. The predicted octanol–water partition coefficient (Wildman–Crippen LogP) is 4.65. The summed E-state index contributed by atoms with van der Waals surface area (Å²) in [5.74, 6) is -6.14. The molecular formula is C22H17F5N6O. The molecule has 2 N–H and O–H groups in total. The second-order valence-electron chi connectivity index (χ2n) is 7.98. The van der Waals surface area contributed by atoms with Crippen LogP contribution in [0.5, 0.6) is 0 Å². The molecule has 1 aromatic carbocycles. The van der Waals surface area contributed by atoms with E-state index in [1.807, 2.05) is 0 Å². The Morgan fingerprint density at radius 1 is 1.03 bits per heavy atom. The Balaban J connectivity index is 1.32. The number of hydrogen-bond donors (Lipinski definition) is 2. The minimum atomic E-state index is -2.75. The number of amides is 1. The molecule has 0 saturated carbocycles. The number of nitrogens with one attached hydrogen (secondary N) is 2. The number of aromatic nitrogens is 4. The lowest BCUT2D eigenvalue weighted by molar-refractivity contribution is -0.0222. The van der Waals surface area contributed by atoms with Gasteiger partial charge < -0.3 is 19.8 Å². The van der Waals surface area contributed by atoms with Crippen molar-refractivity contribution in [3.63, 3.8) is 0 Å². The van der Waals surface area contributed by atoms with Crippen molar-refractivity contribution >= 4 is 28.3 Å². The van der Waals surface area contributed by atoms with E-state index in [0.717, 1.165) is 12.1 Å². The second kappa shape index (κ2) is 8.12. The first-order valence-electron chi connectivity index (χ1n) is 10.3. The van der Waals surface area contributed by atoms with Crippen LogP contribution in [0.3, 0.4) is 0 Å². The van der Waals surface area contributed by atoms with Gasteiger partial charge in [-0.3, -0.25) is 4.79 Å². The van der Waals surface area contributed by atoms with Crippen LogP contribution in [0.2, 0.25) is 0 Å². The average molecular weight is 476 g/mol. The van der Waals surface area contributed by atoms with Crippen molar-refractivity contribution in [3.8, 4) is 5.69 Å². The van der Waals surface area contributed by atoms with Crippen LogP contribution in [0.15, 0.2) is 43.1 Å². The van der Waals surface area contributed by atoms with E-state index in [1.54, 1.807) is 0 Å². The van der Waals surface area contributed by atoms with Gasteiger partial charge in [0.05, 0.1) is 23.1 Å². The third-order valence-electron chi connectivity index (χ3n) is 5.69. The quantitative estimate of drug-likeness (QED) is 0.420. The molecule has 1 aliphatic rings. The van der Waals surface area contributed by atoms with Gasteiger partial charge in [0, 0.05) is 55.8 Å². The molecule has 4 aromatic rings. The van der Waals surface area contributed by atoms with Crippen LogP contribution in [0.1, 0.15) is 23.3 Å². The van der Waals surface area contributed by atoms with Crippen LogP contribution in [0, 0.1) is 17.5 Å². The molecule has 0 bridgehead atoms. The van der Waals surface area contributed by atoms with Gasteiger partial charge in [0.1, 0.15) is 12.0 Å². The van der Waals surface area contributed by atoms with Gasteiger partial charge in [-0.1, -0.05) is 0 Å². The molecule has 1 saturated heterocycles. The van der Waals surface area contributed by atoms with Crippen LogP contribution >= 0.6 is 0 Å². The molecule has 0 spiro atoms. The van der Waals surface area contributed by atoms with Gasteiger partial charge in [0.2, 0.25) is 0 Å². The first-order valence-corrected chi connectivity index (χ1v) is 10.3. The van der Waals surface area contributed by atoms with Crippen molar-refractivity contribution in [2.24, 2.45) is 0 Å². The van der Waals surface area contributed by atoms with Gasteiger partial charge in [-0.25, -0.2) is 31.9 Å². The number of pyridine rings is 1. The number of halogens is 5. The van der Waals surface area contributed by atoms with Crippen molar-refractivity contribution in [1.29, 1.82) is 0 Å². The van der Waals surface area contributed by atoms with E-state index in [1.165, 1.54) is 40.5 Å². The Labute approximate surface area is 189 Å². The van der Waals surface area contributed by atoms with Gasteiger partial charge in [-0.05, 0) is 6.07 Å². The summed E-state index contributed by atoms with van der Waals surface area (Å²) in [4.78, 5) is 24.9. The van der Waals surface area contributed by atoms with E-state index >= 15 is 0 Å². The van der Waals surface area contributed by atoms with Gasteiger partial charge in [0.25, 0.3) is 11.8 Å².